The fourth-order valence-corrected chi connectivity index (χ4v) is 1.75. The average Bonchev–Trinajstić information content (AvgIpc) is 2.42. The van der Waals surface area contributed by atoms with Crippen LogP contribution in [0.15, 0.2) is 47.4 Å². The number of ether oxygens (including phenoxy) is 1. The van der Waals surface area contributed by atoms with E-state index < -0.39 is 11.7 Å². The molecule has 0 aliphatic rings. The van der Waals surface area contributed by atoms with Crippen LogP contribution in [0, 0.1) is 0 Å². The minimum atomic E-state index is -4.41. The van der Waals surface area contributed by atoms with Gasteiger partial charge in [0.1, 0.15) is 12.4 Å². The van der Waals surface area contributed by atoms with Crippen molar-refractivity contribution in [2.24, 2.45) is 0 Å². The van der Waals surface area contributed by atoms with Crippen LogP contribution in [-0.2, 0) is 12.7 Å². The highest BCUT2D eigenvalue weighted by atomic mass is 19.4. The van der Waals surface area contributed by atoms with Crippen LogP contribution in [0.2, 0.25) is 0 Å². The van der Waals surface area contributed by atoms with Crippen LogP contribution in [0.5, 0.6) is 5.75 Å². The summed E-state index contributed by atoms with van der Waals surface area (Å²) in [6, 6.07) is 7.38. The molecule has 2 rings (SSSR count). The number of pyridine rings is 1. The Bertz CT molecular complexity index is 680. The zero-order valence-corrected chi connectivity index (χ0v) is 10.9. The van der Waals surface area contributed by atoms with Gasteiger partial charge in [0, 0.05) is 18.0 Å². The van der Waals surface area contributed by atoms with Crippen LogP contribution >= 0.6 is 0 Å². The lowest BCUT2D eigenvalue weighted by molar-refractivity contribution is -0.137. The SMILES string of the molecule is Nc1ccc(=O)n(CCOc2cccc(C(F)(F)F)c2)c1. The number of hydrogen-bond donors (Lipinski definition) is 1. The van der Waals surface area contributed by atoms with Gasteiger partial charge in [-0.05, 0) is 24.3 Å². The van der Waals surface area contributed by atoms with E-state index in [1.807, 2.05) is 0 Å². The second-order valence-corrected chi connectivity index (χ2v) is 4.37. The Hall–Kier alpha value is -2.44. The summed E-state index contributed by atoms with van der Waals surface area (Å²) in [4.78, 5) is 11.5. The van der Waals surface area contributed by atoms with Crippen molar-refractivity contribution in [3.8, 4) is 5.75 Å². The molecule has 0 aliphatic heterocycles. The Morgan fingerprint density at radius 2 is 1.95 bits per heavy atom. The number of anilines is 1. The van der Waals surface area contributed by atoms with E-state index in [1.54, 1.807) is 0 Å². The Morgan fingerprint density at radius 1 is 1.19 bits per heavy atom. The van der Waals surface area contributed by atoms with Crippen LogP contribution in [0.25, 0.3) is 0 Å². The fourth-order valence-electron chi connectivity index (χ4n) is 1.75. The van der Waals surface area contributed by atoms with Gasteiger partial charge in [0.05, 0.1) is 12.1 Å². The highest BCUT2D eigenvalue weighted by Gasteiger charge is 2.30. The molecule has 0 unspecified atom stereocenters. The van der Waals surface area contributed by atoms with E-state index in [0.717, 1.165) is 12.1 Å². The molecule has 1 aromatic carbocycles. The minimum Gasteiger partial charge on any atom is -0.492 e. The number of nitrogens with zero attached hydrogens (tertiary/aromatic N) is 1. The van der Waals surface area contributed by atoms with Crippen molar-refractivity contribution in [2.75, 3.05) is 12.3 Å². The molecular weight excluding hydrogens is 285 g/mol. The lowest BCUT2D eigenvalue weighted by Crippen LogP contribution is -2.22. The summed E-state index contributed by atoms with van der Waals surface area (Å²) in [5.41, 5.74) is 4.95. The lowest BCUT2D eigenvalue weighted by Gasteiger charge is -2.11. The van der Waals surface area contributed by atoms with Crippen molar-refractivity contribution in [1.82, 2.24) is 4.57 Å². The number of nitrogens with two attached hydrogens (primary N) is 1. The number of aromatic nitrogens is 1. The lowest BCUT2D eigenvalue weighted by atomic mass is 10.2. The largest absolute Gasteiger partial charge is 0.492 e. The molecular formula is C14H13F3N2O2. The van der Waals surface area contributed by atoms with E-state index in [1.165, 1.54) is 35.0 Å². The van der Waals surface area contributed by atoms with Crippen molar-refractivity contribution in [1.29, 1.82) is 0 Å². The van der Waals surface area contributed by atoms with Gasteiger partial charge in [-0.3, -0.25) is 4.79 Å². The highest BCUT2D eigenvalue weighted by molar-refractivity contribution is 5.33. The maximum Gasteiger partial charge on any atom is 0.416 e. The maximum atomic E-state index is 12.5. The van der Waals surface area contributed by atoms with Crippen molar-refractivity contribution >= 4 is 5.69 Å². The molecule has 0 bridgehead atoms. The van der Waals surface area contributed by atoms with Gasteiger partial charge in [-0.2, -0.15) is 13.2 Å². The summed E-state index contributed by atoms with van der Waals surface area (Å²) in [7, 11) is 0. The Kier molecular flexibility index (Phi) is 4.21. The first-order chi connectivity index (χ1) is 9.86. The predicted octanol–water partition coefficient (Wildman–Crippen LogP) is 2.53. The van der Waals surface area contributed by atoms with Crippen molar-refractivity contribution < 1.29 is 17.9 Å². The summed E-state index contributed by atoms with van der Waals surface area (Å²) >= 11 is 0. The Labute approximate surface area is 118 Å². The van der Waals surface area contributed by atoms with Gasteiger partial charge in [-0.15, -0.1) is 0 Å². The smallest absolute Gasteiger partial charge is 0.416 e. The standard InChI is InChI=1S/C14H13F3N2O2/c15-14(16,17)10-2-1-3-12(8-10)21-7-6-19-9-11(18)4-5-13(19)20/h1-5,8-9H,6-7,18H2. The third kappa shape index (κ3) is 4.01. The molecule has 0 atom stereocenters. The van der Waals surface area contributed by atoms with E-state index in [2.05, 4.69) is 0 Å². The van der Waals surface area contributed by atoms with Gasteiger partial charge in [0.25, 0.3) is 5.56 Å². The van der Waals surface area contributed by atoms with Crippen molar-refractivity contribution in [3.05, 3.63) is 58.5 Å². The Balaban J connectivity index is 2.01. The molecule has 1 aromatic heterocycles. The van der Waals surface area contributed by atoms with Crippen LogP contribution in [-0.4, -0.2) is 11.2 Å². The first kappa shape index (κ1) is 15.0. The predicted molar refractivity (Wildman–Crippen MR) is 72.1 cm³/mol. The molecule has 0 aliphatic carbocycles. The van der Waals surface area contributed by atoms with Gasteiger partial charge in [0.15, 0.2) is 0 Å². The molecule has 2 aromatic rings. The third-order valence-corrected chi connectivity index (χ3v) is 2.77. The first-order valence-corrected chi connectivity index (χ1v) is 6.12. The van der Waals surface area contributed by atoms with Crippen molar-refractivity contribution in [3.63, 3.8) is 0 Å². The topological polar surface area (TPSA) is 57.2 Å². The zero-order valence-electron chi connectivity index (χ0n) is 10.9. The molecule has 0 saturated carbocycles. The number of benzene rings is 1. The summed E-state index contributed by atoms with van der Waals surface area (Å²) in [5, 5.41) is 0. The minimum absolute atomic E-state index is 0.0602. The molecule has 0 spiro atoms. The fraction of sp³-hybridized carbons (Fsp3) is 0.214. The second kappa shape index (κ2) is 5.90. The monoisotopic (exact) mass is 298 g/mol. The zero-order chi connectivity index (χ0) is 15.5. The van der Waals surface area contributed by atoms with Gasteiger partial charge >= 0.3 is 6.18 Å². The van der Waals surface area contributed by atoms with Crippen LogP contribution < -0.4 is 16.0 Å². The molecule has 0 amide bonds. The molecule has 2 N–H and O–H groups in total. The summed E-state index contributed by atoms with van der Waals surface area (Å²) in [5.74, 6) is 0.0989. The van der Waals surface area contributed by atoms with E-state index in [4.69, 9.17) is 10.5 Å². The van der Waals surface area contributed by atoms with E-state index in [0.29, 0.717) is 5.69 Å². The number of halogens is 3. The van der Waals surface area contributed by atoms with Crippen LogP contribution in [0.1, 0.15) is 5.56 Å². The van der Waals surface area contributed by atoms with Crippen molar-refractivity contribution in [2.45, 2.75) is 12.7 Å². The molecule has 7 heteroatoms. The normalized spacial score (nSPS) is 11.4. The molecule has 0 saturated heterocycles. The van der Waals surface area contributed by atoms with Crippen LogP contribution in [0.3, 0.4) is 0 Å². The summed E-state index contributed by atoms with van der Waals surface area (Å²) in [6.45, 7) is 0.255. The summed E-state index contributed by atoms with van der Waals surface area (Å²) < 4.78 is 44.2. The molecule has 0 fully saturated rings. The number of rotatable bonds is 4. The van der Waals surface area contributed by atoms with Gasteiger partial charge in [0.2, 0.25) is 0 Å². The molecule has 1 heterocycles. The highest BCUT2D eigenvalue weighted by Crippen LogP contribution is 2.31. The number of hydrogen-bond acceptors (Lipinski definition) is 3. The van der Waals surface area contributed by atoms with Gasteiger partial charge in [-0.25, -0.2) is 0 Å². The Morgan fingerprint density at radius 3 is 2.67 bits per heavy atom. The molecule has 0 radical (unpaired) electrons. The number of alkyl halides is 3. The second-order valence-electron chi connectivity index (χ2n) is 4.37. The molecule has 112 valence electrons. The molecule has 21 heavy (non-hydrogen) atoms. The maximum absolute atomic E-state index is 12.5. The number of nitrogen functional groups attached to an aromatic ring is 1. The average molecular weight is 298 g/mol. The van der Waals surface area contributed by atoms with E-state index >= 15 is 0 Å². The first-order valence-electron chi connectivity index (χ1n) is 6.12. The third-order valence-electron chi connectivity index (χ3n) is 2.77. The van der Waals surface area contributed by atoms with Crippen LogP contribution in [0.4, 0.5) is 18.9 Å². The van der Waals surface area contributed by atoms with E-state index in [-0.39, 0.29) is 24.5 Å². The summed E-state index contributed by atoms with van der Waals surface area (Å²) in [6.07, 6.45) is -2.96. The quantitative estimate of drug-likeness (QED) is 0.943. The van der Waals surface area contributed by atoms with Gasteiger partial charge in [-0.1, -0.05) is 6.07 Å². The van der Waals surface area contributed by atoms with Gasteiger partial charge < -0.3 is 15.0 Å². The molecule has 4 nitrogen and oxygen atoms in total. The van der Waals surface area contributed by atoms with E-state index in [9.17, 15) is 18.0 Å².